The molecule has 3 N–H and O–H groups in total. The fourth-order valence-electron chi connectivity index (χ4n) is 1.52. The summed E-state index contributed by atoms with van der Waals surface area (Å²) in [6.45, 7) is 2.16. The predicted octanol–water partition coefficient (Wildman–Crippen LogP) is -0.0213. The smallest absolute Gasteiger partial charge is 0.238 e. The molecular weight excluding hydrogens is 282 g/mol. The minimum atomic E-state index is -3.89. The number of rotatable bonds is 7. The van der Waals surface area contributed by atoms with Crippen molar-refractivity contribution >= 4 is 21.4 Å². The first-order valence-corrected chi connectivity index (χ1v) is 7.67. The fraction of sp³-hybridized carbons (Fsp3) is 0.500. The van der Waals surface area contributed by atoms with E-state index in [9.17, 15) is 13.2 Å². The van der Waals surface area contributed by atoms with Gasteiger partial charge in [-0.25, -0.2) is 13.4 Å². The number of ether oxygens (including phenoxy) is 1. The number of nitrogens with two attached hydrogens (primary N) is 1. The van der Waals surface area contributed by atoms with Gasteiger partial charge in [0.25, 0.3) is 0 Å². The number of pyridine rings is 1. The zero-order chi connectivity index (χ0) is 15.2. The molecule has 8 heteroatoms. The second kappa shape index (κ2) is 7.20. The van der Waals surface area contributed by atoms with Crippen molar-refractivity contribution in [3.05, 3.63) is 18.3 Å². The molecular formula is C12H19N3O4S. The van der Waals surface area contributed by atoms with E-state index in [0.717, 1.165) is 0 Å². The Morgan fingerprint density at radius 3 is 2.85 bits per heavy atom. The Balaban J connectivity index is 2.77. The van der Waals surface area contributed by atoms with Crippen LogP contribution in [0.3, 0.4) is 0 Å². The molecule has 0 radical (unpaired) electrons. The molecule has 1 atom stereocenters. The third-order valence-corrected chi connectivity index (χ3v) is 4.75. The molecule has 0 saturated carbocycles. The zero-order valence-electron chi connectivity index (χ0n) is 11.5. The van der Waals surface area contributed by atoms with Crippen LogP contribution in [0.1, 0.15) is 13.3 Å². The van der Waals surface area contributed by atoms with E-state index in [1.54, 1.807) is 7.11 Å². The molecule has 1 amide bonds. The molecule has 0 aliphatic carbocycles. The maximum atomic E-state index is 12.3. The van der Waals surface area contributed by atoms with Crippen molar-refractivity contribution < 1.29 is 17.9 Å². The van der Waals surface area contributed by atoms with Crippen LogP contribution in [0.25, 0.3) is 0 Å². The van der Waals surface area contributed by atoms with E-state index < -0.39 is 21.0 Å². The normalized spacial score (nSPS) is 12.9. The van der Waals surface area contributed by atoms with Gasteiger partial charge in [0.05, 0.1) is 5.69 Å². The molecule has 1 rings (SSSR count). The van der Waals surface area contributed by atoms with Crippen LogP contribution >= 0.6 is 0 Å². The molecule has 1 aromatic rings. The highest BCUT2D eigenvalue weighted by Gasteiger charge is 2.32. The van der Waals surface area contributed by atoms with Crippen molar-refractivity contribution in [1.82, 2.24) is 10.3 Å². The Bertz CT molecular complexity index is 560. The van der Waals surface area contributed by atoms with Crippen LogP contribution in [0.4, 0.5) is 5.69 Å². The van der Waals surface area contributed by atoms with Crippen LogP contribution in [0.15, 0.2) is 23.4 Å². The second-order valence-corrected chi connectivity index (χ2v) is 6.41. The van der Waals surface area contributed by atoms with Gasteiger partial charge in [-0.3, -0.25) is 4.79 Å². The van der Waals surface area contributed by atoms with Crippen molar-refractivity contribution in [2.45, 2.75) is 23.6 Å². The van der Waals surface area contributed by atoms with Crippen LogP contribution in [-0.4, -0.2) is 44.8 Å². The fourth-order valence-corrected chi connectivity index (χ4v) is 2.83. The number of aromatic nitrogens is 1. The lowest BCUT2D eigenvalue weighted by Gasteiger charge is -2.13. The monoisotopic (exact) mass is 301 g/mol. The maximum absolute atomic E-state index is 12.3. The van der Waals surface area contributed by atoms with Crippen molar-refractivity contribution in [1.29, 1.82) is 0 Å². The molecule has 1 aromatic heterocycles. The summed E-state index contributed by atoms with van der Waals surface area (Å²) >= 11 is 0. The van der Waals surface area contributed by atoms with Gasteiger partial charge in [-0.05, 0) is 25.5 Å². The van der Waals surface area contributed by atoms with Gasteiger partial charge in [0, 0.05) is 26.5 Å². The van der Waals surface area contributed by atoms with E-state index >= 15 is 0 Å². The third kappa shape index (κ3) is 3.91. The highest BCUT2D eigenvalue weighted by Crippen LogP contribution is 2.19. The van der Waals surface area contributed by atoms with Gasteiger partial charge < -0.3 is 15.8 Å². The lowest BCUT2D eigenvalue weighted by Crippen LogP contribution is -2.39. The average molecular weight is 301 g/mol. The Morgan fingerprint density at radius 2 is 2.25 bits per heavy atom. The highest BCUT2D eigenvalue weighted by atomic mass is 32.2. The molecule has 0 spiro atoms. The number of nitrogens with one attached hydrogen (secondary N) is 1. The summed E-state index contributed by atoms with van der Waals surface area (Å²) in [5, 5.41) is 1.03. The summed E-state index contributed by atoms with van der Waals surface area (Å²) in [5.41, 5.74) is 5.63. The number of carbonyl (C=O) groups excluding carboxylic acids is 1. The number of amides is 1. The van der Waals surface area contributed by atoms with Crippen molar-refractivity contribution in [2.24, 2.45) is 0 Å². The molecule has 0 aliphatic heterocycles. The lowest BCUT2D eigenvalue weighted by molar-refractivity contribution is -0.120. The number of nitrogens with zero attached hydrogens (tertiary/aromatic N) is 1. The number of carbonyl (C=O) groups is 1. The molecule has 1 unspecified atom stereocenters. The summed E-state index contributed by atoms with van der Waals surface area (Å²) in [7, 11) is -2.34. The van der Waals surface area contributed by atoms with E-state index in [2.05, 4.69) is 10.3 Å². The largest absolute Gasteiger partial charge is 0.396 e. The Labute approximate surface area is 118 Å². The molecule has 0 aliphatic rings. The first kappa shape index (κ1) is 16.4. The molecule has 20 heavy (non-hydrogen) atoms. The van der Waals surface area contributed by atoms with Crippen LogP contribution in [0.2, 0.25) is 0 Å². The van der Waals surface area contributed by atoms with Crippen molar-refractivity contribution in [3.63, 3.8) is 0 Å². The standard InChI is InChI=1S/C12H19N3O4S/c1-9(11(16)14-7-4-8-19-2)20(17,18)12-10(13)5-3-6-15-12/h3,5-6,9H,4,7-8,13H2,1-2H3,(H,14,16). The molecule has 0 bridgehead atoms. The molecule has 7 nitrogen and oxygen atoms in total. The number of hydrogen-bond acceptors (Lipinski definition) is 6. The topological polar surface area (TPSA) is 111 Å². The molecule has 112 valence electrons. The minimum absolute atomic E-state index is 0.0338. The first-order valence-electron chi connectivity index (χ1n) is 6.12. The molecule has 0 aromatic carbocycles. The van der Waals surface area contributed by atoms with Gasteiger partial charge in [0.2, 0.25) is 15.7 Å². The van der Waals surface area contributed by atoms with Gasteiger partial charge >= 0.3 is 0 Å². The van der Waals surface area contributed by atoms with E-state index in [1.165, 1.54) is 25.3 Å². The highest BCUT2D eigenvalue weighted by molar-refractivity contribution is 7.92. The SMILES string of the molecule is COCCCNC(=O)C(C)S(=O)(=O)c1ncccc1N. The number of hydrogen-bond donors (Lipinski definition) is 2. The summed E-state index contributed by atoms with van der Waals surface area (Å²) in [6.07, 6.45) is 1.94. The zero-order valence-corrected chi connectivity index (χ0v) is 12.3. The van der Waals surface area contributed by atoms with E-state index in [-0.39, 0.29) is 10.7 Å². The second-order valence-electron chi connectivity index (χ2n) is 4.22. The molecule has 0 saturated heterocycles. The quantitative estimate of drug-likeness (QED) is 0.685. The number of anilines is 1. The summed E-state index contributed by atoms with van der Waals surface area (Å²) < 4.78 is 29.4. The molecule has 1 heterocycles. The molecule has 0 fully saturated rings. The van der Waals surface area contributed by atoms with E-state index in [0.29, 0.717) is 19.6 Å². The Hall–Kier alpha value is -1.67. The van der Waals surface area contributed by atoms with Crippen molar-refractivity contribution in [3.8, 4) is 0 Å². The number of methoxy groups -OCH3 is 1. The van der Waals surface area contributed by atoms with E-state index in [4.69, 9.17) is 10.5 Å². The summed E-state index contributed by atoms with van der Waals surface area (Å²) in [4.78, 5) is 15.6. The van der Waals surface area contributed by atoms with Gasteiger partial charge in [-0.1, -0.05) is 0 Å². The van der Waals surface area contributed by atoms with Crippen LogP contribution in [-0.2, 0) is 19.4 Å². The van der Waals surface area contributed by atoms with E-state index in [1.807, 2.05) is 0 Å². The van der Waals surface area contributed by atoms with Crippen LogP contribution < -0.4 is 11.1 Å². The summed E-state index contributed by atoms with van der Waals surface area (Å²) in [5.74, 6) is -0.578. The lowest BCUT2D eigenvalue weighted by atomic mass is 10.4. The van der Waals surface area contributed by atoms with Gasteiger partial charge in [0.15, 0.2) is 5.03 Å². The van der Waals surface area contributed by atoms with Crippen LogP contribution in [0.5, 0.6) is 0 Å². The minimum Gasteiger partial charge on any atom is -0.396 e. The van der Waals surface area contributed by atoms with Gasteiger partial charge in [-0.15, -0.1) is 0 Å². The van der Waals surface area contributed by atoms with Gasteiger partial charge in [0.1, 0.15) is 5.25 Å². The Kier molecular flexibility index (Phi) is 5.90. The number of sulfone groups is 1. The maximum Gasteiger partial charge on any atom is 0.238 e. The van der Waals surface area contributed by atoms with Crippen LogP contribution in [0, 0.1) is 0 Å². The number of nitrogen functional groups attached to an aromatic ring is 1. The predicted molar refractivity (Wildman–Crippen MR) is 74.8 cm³/mol. The van der Waals surface area contributed by atoms with Crippen molar-refractivity contribution in [2.75, 3.05) is 26.0 Å². The third-order valence-electron chi connectivity index (χ3n) is 2.73. The Morgan fingerprint density at radius 1 is 1.55 bits per heavy atom. The van der Waals surface area contributed by atoms with Gasteiger partial charge in [-0.2, -0.15) is 0 Å². The average Bonchev–Trinajstić information content (AvgIpc) is 2.42. The summed E-state index contributed by atoms with van der Waals surface area (Å²) in [6, 6.07) is 2.97. The first-order chi connectivity index (χ1) is 9.41.